The molecule has 1 saturated carbocycles. The highest BCUT2D eigenvalue weighted by atomic mass is 79.9. The number of hydrogen-bond acceptors (Lipinski definition) is 4. The fourth-order valence-electron chi connectivity index (χ4n) is 2.03. The average molecular weight is 414 g/mol. The molecule has 0 radical (unpaired) electrons. The van der Waals surface area contributed by atoms with Crippen molar-refractivity contribution in [3.8, 4) is 0 Å². The topological polar surface area (TPSA) is 92.4 Å². The Bertz CT molecular complexity index is 563. The molecule has 0 bridgehead atoms. The van der Waals surface area contributed by atoms with E-state index in [-0.39, 0.29) is 22.6 Å². The summed E-state index contributed by atoms with van der Waals surface area (Å²) in [6, 6.07) is 3.18. The molecule has 2 rings (SSSR count). The SMILES string of the molecule is Nc1cc(Br)cc(Br)c1S(=O)(=O)NCC1CC(O)C1. The van der Waals surface area contributed by atoms with Gasteiger partial charge in [0.1, 0.15) is 4.90 Å². The lowest BCUT2D eigenvalue weighted by molar-refractivity contribution is 0.0453. The smallest absolute Gasteiger partial charge is 0.243 e. The number of anilines is 1. The van der Waals surface area contributed by atoms with Crippen LogP contribution in [-0.4, -0.2) is 26.2 Å². The van der Waals surface area contributed by atoms with Gasteiger partial charge >= 0.3 is 0 Å². The van der Waals surface area contributed by atoms with Crippen molar-refractivity contribution >= 4 is 47.6 Å². The largest absolute Gasteiger partial charge is 0.398 e. The molecule has 0 aromatic heterocycles. The molecular formula is C11H14Br2N2O3S. The van der Waals surface area contributed by atoms with Crippen molar-refractivity contribution in [1.29, 1.82) is 0 Å². The first-order chi connectivity index (χ1) is 8.79. The number of sulfonamides is 1. The second-order valence-corrected chi connectivity index (χ2v) is 8.12. The lowest BCUT2D eigenvalue weighted by Gasteiger charge is -2.31. The first kappa shape index (κ1) is 15.2. The van der Waals surface area contributed by atoms with Gasteiger partial charge in [0.15, 0.2) is 0 Å². The van der Waals surface area contributed by atoms with Gasteiger partial charge in [0, 0.05) is 15.5 Å². The maximum atomic E-state index is 12.2. The molecule has 106 valence electrons. The fraction of sp³-hybridized carbons (Fsp3) is 0.455. The van der Waals surface area contributed by atoms with Crippen LogP contribution in [0, 0.1) is 5.92 Å². The Kier molecular flexibility index (Phi) is 4.56. The summed E-state index contributed by atoms with van der Waals surface area (Å²) < 4.78 is 28.1. The Morgan fingerprint density at radius 1 is 1.37 bits per heavy atom. The lowest BCUT2D eigenvalue weighted by atomic mass is 9.83. The highest BCUT2D eigenvalue weighted by Crippen LogP contribution is 2.32. The van der Waals surface area contributed by atoms with Crippen LogP contribution >= 0.6 is 31.9 Å². The predicted molar refractivity (Wildman–Crippen MR) is 80.2 cm³/mol. The minimum Gasteiger partial charge on any atom is -0.398 e. The normalized spacial score (nSPS) is 23.1. The van der Waals surface area contributed by atoms with Gasteiger partial charge in [0.05, 0.1) is 11.8 Å². The Labute approximate surface area is 128 Å². The summed E-state index contributed by atoms with van der Waals surface area (Å²) in [6.45, 7) is 0.321. The third kappa shape index (κ3) is 3.49. The Hall–Kier alpha value is -0.150. The van der Waals surface area contributed by atoms with Crippen LogP contribution in [0.4, 0.5) is 5.69 Å². The molecule has 4 N–H and O–H groups in total. The monoisotopic (exact) mass is 412 g/mol. The van der Waals surface area contributed by atoms with Gasteiger partial charge in [-0.3, -0.25) is 0 Å². The van der Waals surface area contributed by atoms with Crippen LogP contribution in [-0.2, 0) is 10.0 Å². The summed E-state index contributed by atoms with van der Waals surface area (Å²) in [5.74, 6) is 0.195. The number of nitrogens with two attached hydrogens (primary N) is 1. The molecule has 0 heterocycles. The number of rotatable bonds is 4. The molecule has 1 aromatic carbocycles. The number of aliphatic hydroxyl groups excluding tert-OH is 1. The van der Waals surface area contributed by atoms with E-state index in [1.165, 1.54) is 0 Å². The summed E-state index contributed by atoms with van der Waals surface area (Å²) >= 11 is 6.46. The lowest BCUT2D eigenvalue weighted by Crippen LogP contribution is -2.38. The van der Waals surface area contributed by atoms with Crippen LogP contribution in [0.2, 0.25) is 0 Å². The number of halogens is 2. The first-order valence-electron chi connectivity index (χ1n) is 5.72. The zero-order valence-electron chi connectivity index (χ0n) is 9.94. The zero-order valence-corrected chi connectivity index (χ0v) is 13.9. The molecule has 0 unspecified atom stereocenters. The van der Waals surface area contributed by atoms with E-state index in [0.29, 0.717) is 28.3 Å². The van der Waals surface area contributed by atoms with E-state index < -0.39 is 10.0 Å². The van der Waals surface area contributed by atoms with Gasteiger partial charge in [0.2, 0.25) is 10.0 Å². The quantitative estimate of drug-likeness (QED) is 0.656. The number of benzene rings is 1. The number of aliphatic hydroxyl groups is 1. The van der Waals surface area contributed by atoms with Crippen LogP contribution in [0.15, 0.2) is 26.0 Å². The summed E-state index contributed by atoms with van der Waals surface area (Å²) in [4.78, 5) is 0.0515. The minimum atomic E-state index is -3.65. The number of nitrogen functional groups attached to an aromatic ring is 1. The van der Waals surface area contributed by atoms with Crippen molar-refractivity contribution in [3.05, 3.63) is 21.1 Å². The standard InChI is InChI=1S/C11H14Br2N2O3S/c12-7-3-9(13)11(10(14)4-7)19(17,18)15-5-6-1-8(16)2-6/h3-4,6,8,15-16H,1-2,5,14H2. The van der Waals surface area contributed by atoms with Crippen LogP contribution < -0.4 is 10.5 Å². The van der Waals surface area contributed by atoms with Crippen LogP contribution in [0.1, 0.15) is 12.8 Å². The highest BCUT2D eigenvalue weighted by molar-refractivity contribution is 9.11. The molecular weight excluding hydrogens is 400 g/mol. The van der Waals surface area contributed by atoms with Crippen LogP contribution in [0.3, 0.4) is 0 Å². The van der Waals surface area contributed by atoms with Gasteiger partial charge in [-0.2, -0.15) is 0 Å². The molecule has 5 nitrogen and oxygen atoms in total. The van der Waals surface area contributed by atoms with Gasteiger partial charge < -0.3 is 10.8 Å². The molecule has 0 spiro atoms. The second-order valence-electron chi connectivity index (χ2n) is 4.65. The zero-order chi connectivity index (χ0) is 14.2. The molecule has 0 atom stereocenters. The van der Waals surface area contributed by atoms with Crippen LogP contribution in [0.25, 0.3) is 0 Å². The minimum absolute atomic E-state index is 0.0515. The van der Waals surface area contributed by atoms with E-state index >= 15 is 0 Å². The molecule has 1 fully saturated rings. The predicted octanol–water partition coefficient (Wildman–Crippen LogP) is 1.84. The van der Waals surface area contributed by atoms with E-state index in [2.05, 4.69) is 36.6 Å². The Morgan fingerprint density at radius 3 is 2.53 bits per heavy atom. The van der Waals surface area contributed by atoms with E-state index in [4.69, 9.17) is 5.73 Å². The Balaban J connectivity index is 2.15. The van der Waals surface area contributed by atoms with Crippen molar-refractivity contribution < 1.29 is 13.5 Å². The Morgan fingerprint density at radius 2 is 2.00 bits per heavy atom. The molecule has 0 amide bonds. The van der Waals surface area contributed by atoms with E-state index in [1.54, 1.807) is 12.1 Å². The third-order valence-electron chi connectivity index (χ3n) is 3.08. The van der Waals surface area contributed by atoms with E-state index in [0.717, 1.165) is 0 Å². The molecule has 1 aliphatic rings. The molecule has 0 aliphatic heterocycles. The number of nitrogens with one attached hydrogen (secondary N) is 1. The van der Waals surface area contributed by atoms with Crippen molar-refractivity contribution in [2.24, 2.45) is 5.92 Å². The van der Waals surface area contributed by atoms with Crippen molar-refractivity contribution in [3.63, 3.8) is 0 Å². The van der Waals surface area contributed by atoms with E-state index in [9.17, 15) is 13.5 Å². The fourth-order valence-corrected chi connectivity index (χ4v) is 5.21. The number of hydrogen-bond donors (Lipinski definition) is 3. The van der Waals surface area contributed by atoms with Gasteiger partial charge in [-0.15, -0.1) is 0 Å². The highest BCUT2D eigenvalue weighted by Gasteiger charge is 2.29. The molecule has 0 saturated heterocycles. The van der Waals surface area contributed by atoms with Gasteiger partial charge in [0.25, 0.3) is 0 Å². The third-order valence-corrected chi connectivity index (χ3v) is 5.96. The summed E-state index contributed by atoms with van der Waals surface area (Å²) in [5.41, 5.74) is 5.95. The van der Waals surface area contributed by atoms with E-state index in [1.807, 2.05) is 0 Å². The molecule has 8 heteroatoms. The van der Waals surface area contributed by atoms with Gasteiger partial charge in [-0.1, -0.05) is 15.9 Å². The van der Waals surface area contributed by atoms with Gasteiger partial charge in [-0.05, 0) is 46.8 Å². The molecule has 19 heavy (non-hydrogen) atoms. The first-order valence-corrected chi connectivity index (χ1v) is 8.79. The maximum absolute atomic E-state index is 12.2. The van der Waals surface area contributed by atoms with Crippen molar-refractivity contribution in [2.45, 2.75) is 23.8 Å². The van der Waals surface area contributed by atoms with Crippen molar-refractivity contribution in [1.82, 2.24) is 4.72 Å². The van der Waals surface area contributed by atoms with Crippen molar-refractivity contribution in [2.75, 3.05) is 12.3 Å². The summed E-state index contributed by atoms with van der Waals surface area (Å²) in [6.07, 6.45) is 0.984. The maximum Gasteiger partial charge on any atom is 0.243 e. The summed E-state index contributed by atoms with van der Waals surface area (Å²) in [7, 11) is -3.65. The molecule has 1 aromatic rings. The summed E-state index contributed by atoms with van der Waals surface area (Å²) in [5, 5.41) is 9.17. The second kappa shape index (κ2) is 5.69. The average Bonchev–Trinajstić information content (AvgIpc) is 2.20. The van der Waals surface area contributed by atoms with Crippen LogP contribution in [0.5, 0.6) is 0 Å². The molecule has 1 aliphatic carbocycles. The van der Waals surface area contributed by atoms with Gasteiger partial charge in [-0.25, -0.2) is 13.1 Å².